The Balaban J connectivity index is 2.37. The summed E-state index contributed by atoms with van der Waals surface area (Å²) in [6.07, 6.45) is -1.04. The monoisotopic (exact) mass is 343 g/mol. The number of para-hydroxylation sites is 1. The molecule has 0 bridgehead atoms. The van der Waals surface area contributed by atoms with Gasteiger partial charge in [-0.1, -0.05) is 36.4 Å². The van der Waals surface area contributed by atoms with Crippen molar-refractivity contribution in [3.63, 3.8) is 0 Å². The minimum Gasteiger partial charge on any atom is -0.493 e. The lowest BCUT2D eigenvalue weighted by Crippen LogP contribution is -2.31. The number of hydrogen-bond acceptors (Lipinski definition) is 5. The zero-order chi connectivity index (χ0) is 18.4. The topological polar surface area (TPSA) is 65.1 Å². The number of nitrogens with zero attached hydrogens (tertiary/aromatic N) is 1. The van der Waals surface area contributed by atoms with Gasteiger partial charge in [-0.2, -0.15) is 0 Å². The number of likely N-dealkylation sites (N-methyl/N-ethyl adjacent to an activating group) is 1. The molecule has 0 unspecified atom stereocenters. The van der Waals surface area contributed by atoms with Crippen LogP contribution in [0.2, 0.25) is 0 Å². The predicted molar refractivity (Wildman–Crippen MR) is 92.8 cm³/mol. The van der Waals surface area contributed by atoms with Gasteiger partial charge in [0.1, 0.15) is 5.56 Å². The summed E-state index contributed by atoms with van der Waals surface area (Å²) in [5.74, 6) is -0.326. The summed E-state index contributed by atoms with van der Waals surface area (Å²) >= 11 is 0. The van der Waals surface area contributed by atoms with E-state index in [2.05, 4.69) is 0 Å². The van der Waals surface area contributed by atoms with E-state index in [0.717, 1.165) is 0 Å². The van der Waals surface area contributed by atoms with Gasteiger partial charge >= 0.3 is 5.97 Å². The second-order valence-electron chi connectivity index (χ2n) is 5.47. The number of rotatable bonds is 6. The Morgan fingerprint density at radius 2 is 1.60 bits per heavy atom. The molecular formula is C19H21NO5. The number of carbonyl (C=O) groups excluding carboxylic acids is 2. The van der Waals surface area contributed by atoms with Crippen LogP contribution in [0.3, 0.4) is 0 Å². The molecular weight excluding hydrogens is 322 g/mol. The van der Waals surface area contributed by atoms with Gasteiger partial charge in [0.05, 0.1) is 14.2 Å². The van der Waals surface area contributed by atoms with E-state index in [1.54, 1.807) is 56.6 Å². The molecule has 6 heteroatoms. The highest BCUT2D eigenvalue weighted by Crippen LogP contribution is 2.32. The Bertz CT molecular complexity index is 743. The van der Waals surface area contributed by atoms with E-state index in [0.29, 0.717) is 11.3 Å². The Morgan fingerprint density at radius 3 is 2.16 bits per heavy atom. The number of methoxy groups -OCH3 is 2. The summed E-state index contributed by atoms with van der Waals surface area (Å²) in [5.41, 5.74) is 0.783. The first kappa shape index (κ1) is 18.3. The molecule has 132 valence electrons. The van der Waals surface area contributed by atoms with Gasteiger partial charge in [0.25, 0.3) is 5.91 Å². The average molecular weight is 343 g/mol. The van der Waals surface area contributed by atoms with Crippen molar-refractivity contribution in [3.05, 3.63) is 59.7 Å². The van der Waals surface area contributed by atoms with E-state index in [-0.39, 0.29) is 17.2 Å². The van der Waals surface area contributed by atoms with E-state index < -0.39 is 12.1 Å². The van der Waals surface area contributed by atoms with Gasteiger partial charge in [-0.15, -0.1) is 0 Å². The van der Waals surface area contributed by atoms with Crippen LogP contribution in [0.1, 0.15) is 22.0 Å². The number of ether oxygens (including phenoxy) is 3. The van der Waals surface area contributed by atoms with Crippen LogP contribution in [0.25, 0.3) is 0 Å². The van der Waals surface area contributed by atoms with Crippen molar-refractivity contribution < 1.29 is 23.8 Å². The standard InChI is InChI=1S/C19H21NO5/c1-20(2)18(21)16(13-9-6-5-7-10-13)25-19(22)14-11-8-12-15(23-3)17(14)24-4/h5-12,16H,1-4H3/t16-/m0/s1. The van der Waals surface area contributed by atoms with Crippen molar-refractivity contribution >= 4 is 11.9 Å². The van der Waals surface area contributed by atoms with Gasteiger partial charge in [0.2, 0.25) is 6.10 Å². The van der Waals surface area contributed by atoms with Gasteiger partial charge in [0, 0.05) is 19.7 Å². The molecule has 2 aromatic carbocycles. The first-order chi connectivity index (χ1) is 12.0. The maximum Gasteiger partial charge on any atom is 0.343 e. The van der Waals surface area contributed by atoms with Crippen LogP contribution in [0, 0.1) is 0 Å². The average Bonchev–Trinajstić information content (AvgIpc) is 2.65. The number of esters is 1. The molecule has 0 aliphatic rings. The van der Waals surface area contributed by atoms with Crippen molar-refractivity contribution in [2.24, 2.45) is 0 Å². The smallest absolute Gasteiger partial charge is 0.343 e. The normalized spacial score (nSPS) is 11.4. The Kier molecular flexibility index (Phi) is 6.00. The van der Waals surface area contributed by atoms with Crippen LogP contribution >= 0.6 is 0 Å². The molecule has 0 saturated heterocycles. The van der Waals surface area contributed by atoms with Gasteiger partial charge < -0.3 is 19.1 Å². The predicted octanol–water partition coefficient (Wildman–Crippen LogP) is 2.69. The number of hydrogen-bond donors (Lipinski definition) is 0. The second-order valence-corrected chi connectivity index (χ2v) is 5.47. The Labute approximate surface area is 146 Å². The van der Waals surface area contributed by atoms with Gasteiger partial charge in [-0.05, 0) is 12.1 Å². The van der Waals surface area contributed by atoms with Crippen molar-refractivity contribution in [1.29, 1.82) is 0 Å². The second kappa shape index (κ2) is 8.19. The zero-order valence-electron chi connectivity index (χ0n) is 14.7. The largest absolute Gasteiger partial charge is 0.493 e. The summed E-state index contributed by atoms with van der Waals surface area (Å²) in [4.78, 5) is 26.5. The highest BCUT2D eigenvalue weighted by molar-refractivity contribution is 5.95. The molecule has 1 atom stereocenters. The Hall–Kier alpha value is -3.02. The minimum absolute atomic E-state index is 0.189. The molecule has 0 saturated carbocycles. The van der Waals surface area contributed by atoms with Crippen LogP contribution in [0.4, 0.5) is 0 Å². The highest BCUT2D eigenvalue weighted by atomic mass is 16.6. The fraction of sp³-hybridized carbons (Fsp3) is 0.263. The number of amides is 1. The SMILES string of the molecule is COc1cccc(C(=O)O[C@H](C(=O)N(C)C)c2ccccc2)c1OC. The van der Waals surface area contributed by atoms with Crippen LogP contribution in [0.15, 0.2) is 48.5 Å². The highest BCUT2D eigenvalue weighted by Gasteiger charge is 2.28. The number of carbonyl (C=O) groups is 2. The third kappa shape index (κ3) is 4.09. The van der Waals surface area contributed by atoms with Crippen LogP contribution < -0.4 is 9.47 Å². The van der Waals surface area contributed by atoms with Crippen molar-refractivity contribution in [2.45, 2.75) is 6.10 Å². The van der Waals surface area contributed by atoms with Crippen molar-refractivity contribution in [1.82, 2.24) is 4.90 Å². The van der Waals surface area contributed by atoms with Crippen molar-refractivity contribution in [3.8, 4) is 11.5 Å². The van der Waals surface area contributed by atoms with E-state index in [1.807, 2.05) is 6.07 Å². The Morgan fingerprint density at radius 1 is 0.920 bits per heavy atom. The summed E-state index contributed by atoms with van der Waals surface area (Å²) in [5, 5.41) is 0. The lowest BCUT2D eigenvalue weighted by Gasteiger charge is -2.22. The van der Waals surface area contributed by atoms with E-state index >= 15 is 0 Å². The quantitative estimate of drug-likeness (QED) is 0.755. The number of benzene rings is 2. The summed E-state index contributed by atoms with van der Waals surface area (Å²) < 4.78 is 16.0. The molecule has 6 nitrogen and oxygen atoms in total. The molecule has 0 aliphatic heterocycles. The van der Waals surface area contributed by atoms with Crippen LogP contribution in [-0.4, -0.2) is 45.1 Å². The molecule has 0 N–H and O–H groups in total. The molecule has 0 radical (unpaired) electrons. The third-order valence-corrected chi connectivity index (χ3v) is 3.62. The van der Waals surface area contributed by atoms with Gasteiger partial charge in [-0.3, -0.25) is 4.79 Å². The van der Waals surface area contributed by atoms with E-state index in [1.165, 1.54) is 19.1 Å². The van der Waals surface area contributed by atoms with Crippen LogP contribution in [0.5, 0.6) is 11.5 Å². The fourth-order valence-corrected chi connectivity index (χ4v) is 2.34. The molecule has 2 aromatic rings. The molecule has 25 heavy (non-hydrogen) atoms. The van der Waals surface area contributed by atoms with E-state index in [4.69, 9.17) is 14.2 Å². The molecule has 0 aromatic heterocycles. The lowest BCUT2D eigenvalue weighted by atomic mass is 10.1. The zero-order valence-corrected chi connectivity index (χ0v) is 14.7. The molecule has 0 fully saturated rings. The fourth-order valence-electron chi connectivity index (χ4n) is 2.34. The first-order valence-corrected chi connectivity index (χ1v) is 7.67. The summed E-state index contributed by atoms with van der Waals surface area (Å²) in [6.45, 7) is 0. The summed E-state index contributed by atoms with van der Waals surface area (Å²) in [7, 11) is 6.14. The molecule has 2 rings (SSSR count). The molecule has 0 heterocycles. The van der Waals surface area contributed by atoms with Gasteiger partial charge in [0.15, 0.2) is 11.5 Å². The molecule has 1 amide bonds. The first-order valence-electron chi connectivity index (χ1n) is 7.67. The molecule has 0 spiro atoms. The maximum atomic E-state index is 12.7. The minimum atomic E-state index is -1.04. The van der Waals surface area contributed by atoms with E-state index in [9.17, 15) is 9.59 Å². The summed E-state index contributed by atoms with van der Waals surface area (Å²) in [6, 6.07) is 13.8. The third-order valence-electron chi connectivity index (χ3n) is 3.62. The molecule has 0 aliphatic carbocycles. The maximum absolute atomic E-state index is 12.7. The van der Waals surface area contributed by atoms with Gasteiger partial charge in [-0.25, -0.2) is 4.79 Å². The lowest BCUT2D eigenvalue weighted by molar-refractivity contribution is -0.138. The van der Waals surface area contributed by atoms with Crippen LogP contribution in [-0.2, 0) is 9.53 Å². The van der Waals surface area contributed by atoms with Crippen molar-refractivity contribution in [2.75, 3.05) is 28.3 Å².